The van der Waals surface area contributed by atoms with Crippen molar-refractivity contribution in [2.75, 3.05) is 14.7 Å². The summed E-state index contributed by atoms with van der Waals surface area (Å²) >= 11 is 0. The quantitative estimate of drug-likeness (QED) is 0.170. The third-order valence-corrected chi connectivity index (χ3v) is 12.4. The van der Waals surface area contributed by atoms with Crippen molar-refractivity contribution >= 4 is 97.4 Å². The molecule has 60 heavy (non-hydrogen) atoms. The van der Waals surface area contributed by atoms with Crippen LogP contribution in [-0.4, -0.2) is 13.4 Å². The van der Waals surface area contributed by atoms with Crippen LogP contribution in [0.2, 0.25) is 0 Å². The molecule has 7 nitrogen and oxygen atoms in total. The van der Waals surface area contributed by atoms with Crippen LogP contribution in [0.15, 0.2) is 170 Å². The molecule has 0 aliphatic carbocycles. The summed E-state index contributed by atoms with van der Waals surface area (Å²) in [5, 5.41) is 32.4. The van der Waals surface area contributed by atoms with Crippen LogP contribution in [0.1, 0.15) is 16.7 Å². The van der Waals surface area contributed by atoms with Gasteiger partial charge in [-0.2, -0.15) is 15.8 Å². The van der Waals surface area contributed by atoms with E-state index in [2.05, 4.69) is 118 Å². The zero-order valence-electron chi connectivity index (χ0n) is 31.9. The van der Waals surface area contributed by atoms with E-state index in [4.69, 9.17) is 4.74 Å². The van der Waals surface area contributed by atoms with E-state index in [-0.39, 0.29) is 13.4 Å². The van der Waals surface area contributed by atoms with Crippen molar-refractivity contribution < 1.29 is 4.74 Å². The summed E-state index contributed by atoms with van der Waals surface area (Å²) in [5.41, 5.74) is 15.6. The molecule has 0 spiro atoms. The minimum absolute atomic E-state index is 0.249. The third-order valence-electron chi connectivity index (χ3n) is 12.4. The predicted octanol–water partition coefficient (Wildman–Crippen LogP) is 7.79. The van der Waals surface area contributed by atoms with Crippen LogP contribution in [0.3, 0.4) is 0 Å². The lowest BCUT2D eigenvalue weighted by Crippen LogP contribution is -2.64. The fourth-order valence-electron chi connectivity index (χ4n) is 10.1. The molecule has 0 fully saturated rings. The summed E-state index contributed by atoms with van der Waals surface area (Å²) in [6.07, 6.45) is 0. The Kier molecular flexibility index (Phi) is 7.18. The van der Waals surface area contributed by atoms with Gasteiger partial charge in [0, 0.05) is 39.8 Å². The largest absolute Gasteiger partial charge is 0.457 e. The highest BCUT2D eigenvalue weighted by Crippen LogP contribution is 2.49. The van der Waals surface area contributed by atoms with Crippen molar-refractivity contribution in [2.24, 2.45) is 0 Å². The van der Waals surface area contributed by atoms with E-state index < -0.39 is 0 Å². The Balaban J connectivity index is 1.24. The molecule has 0 radical (unpaired) electrons. The lowest BCUT2D eigenvalue weighted by molar-refractivity contribution is 0.486. The van der Waals surface area contributed by atoms with Crippen LogP contribution in [-0.2, 0) is 0 Å². The summed E-state index contributed by atoms with van der Waals surface area (Å²) in [6, 6.07) is 65.1. The second kappa shape index (κ2) is 12.8. The maximum atomic E-state index is 11.0. The fourth-order valence-corrected chi connectivity index (χ4v) is 10.1. The van der Waals surface area contributed by atoms with E-state index in [0.717, 1.165) is 78.3 Å². The smallest absolute Gasteiger partial charge is 0.256 e. The van der Waals surface area contributed by atoms with Gasteiger partial charge in [-0.3, -0.25) is 0 Å². The Morgan fingerprint density at radius 2 is 0.900 bits per heavy atom. The molecule has 0 amide bonds. The molecule has 12 rings (SSSR count). The molecule has 9 heteroatoms. The Bertz CT molecular complexity index is 3260. The summed E-state index contributed by atoms with van der Waals surface area (Å²) in [5.74, 6) is 1.15. The number of benzene rings is 8. The van der Waals surface area contributed by atoms with Gasteiger partial charge >= 0.3 is 0 Å². The molecular weight excluding hydrogens is 734 g/mol. The van der Waals surface area contributed by atoms with Gasteiger partial charge in [-0.15, -0.1) is 0 Å². The van der Waals surface area contributed by atoms with Gasteiger partial charge in [-0.25, -0.2) is 0 Å². The lowest BCUT2D eigenvalue weighted by Gasteiger charge is -2.46. The number of nitrogens with zero attached hydrogens (tertiary/aromatic N) is 6. The number of anilines is 9. The van der Waals surface area contributed by atoms with Gasteiger partial charge < -0.3 is 19.4 Å². The average Bonchev–Trinajstić information content (AvgIpc) is 3.31. The monoisotopic (exact) mass is 762 g/mol. The lowest BCUT2D eigenvalue weighted by atomic mass is 9.30. The summed E-state index contributed by atoms with van der Waals surface area (Å²) in [6.45, 7) is -0.613. The number of fused-ring (bicyclic) bond motifs is 8. The molecule has 0 atom stereocenters. The molecule has 0 saturated heterocycles. The Morgan fingerprint density at radius 3 is 1.52 bits per heavy atom. The standard InChI is InChI=1S/C51H28B2N6O/c54-29-32-24-25-43-47-49(32)58(36-16-6-2-7-17-36)44-28-45-41(27-40(44)52(47)38-20-10-12-22-42(38)57(43)35-14-4-1-5-15-35)53-39-21-11-13-23-46(39)60-51-34(31-56)26-33(30-55)50(48(51)53)59(45)37-18-8-3-9-19-37/h1-28H. The number of hydrogen-bond donors (Lipinski definition) is 0. The second-order valence-electron chi connectivity index (χ2n) is 15.3. The molecule has 0 bridgehead atoms. The molecule has 0 N–H and O–H groups in total. The Hall–Kier alpha value is -8.44. The highest BCUT2D eigenvalue weighted by molar-refractivity contribution is 7.02. The first-order valence-electron chi connectivity index (χ1n) is 19.9. The van der Waals surface area contributed by atoms with Crippen LogP contribution in [0.5, 0.6) is 11.5 Å². The van der Waals surface area contributed by atoms with Gasteiger partial charge in [0.2, 0.25) is 0 Å². The van der Waals surface area contributed by atoms with Crippen LogP contribution in [0.25, 0.3) is 0 Å². The summed E-state index contributed by atoms with van der Waals surface area (Å²) in [4.78, 5) is 6.74. The van der Waals surface area contributed by atoms with Crippen LogP contribution >= 0.6 is 0 Å². The SMILES string of the molecule is N#Cc1cc(C#N)c2c3c1Oc1ccccc1B3c1cc3c(cc1N2c1ccccc1)N(c1ccccc1)c1c(C#N)ccc2c1B3c1ccccc1N2c1ccccc1. The van der Waals surface area contributed by atoms with E-state index in [1.54, 1.807) is 6.07 Å². The summed E-state index contributed by atoms with van der Waals surface area (Å²) in [7, 11) is 0. The third kappa shape index (κ3) is 4.53. The van der Waals surface area contributed by atoms with E-state index >= 15 is 0 Å². The van der Waals surface area contributed by atoms with Crippen molar-refractivity contribution in [3.63, 3.8) is 0 Å². The van der Waals surface area contributed by atoms with Crippen LogP contribution in [0.4, 0.5) is 51.2 Å². The molecule has 0 saturated carbocycles. The van der Waals surface area contributed by atoms with Crippen molar-refractivity contribution in [1.82, 2.24) is 0 Å². The topological polar surface area (TPSA) is 90.3 Å². The zero-order chi connectivity index (χ0) is 40.1. The zero-order valence-corrected chi connectivity index (χ0v) is 31.9. The predicted molar refractivity (Wildman–Crippen MR) is 240 cm³/mol. The van der Waals surface area contributed by atoms with Crippen molar-refractivity contribution in [2.45, 2.75) is 0 Å². The van der Waals surface area contributed by atoms with Crippen molar-refractivity contribution in [3.05, 3.63) is 187 Å². The summed E-state index contributed by atoms with van der Waals surface area (Å²) < 4.78 is 6.67. The van der Waals surface area contributed by atoms with Crippen LogP contribution < -0.4 is 52.2 Å². The molecule has 4 aliphatic rings. The van der Waals surface area contributed by atoms with E-state index in [1.165, 1.54) is 0 Å². The van der Waals surface area contributed by atoms with E-state index in [9.17, 15) is 15.8 Å². The number of hydrogen-bond acceptors (Lipinski definition) is 7. The van der Waals surface area contributed by atoms with Gasteiger partial charge in [-0.1, -0.05) is 97.1 Å². The minimum atomic E-state index is -0.364. The first-order chi connectivity index (χ1) is 29.7. The number of nitriles is 3. The van der Waals surface area contributed by atoms with E-state index in [0.29, 0.717) is 33.9 Å². The number of rotatable bonds is 3. The molecule has 0 unspecified atom stereocenters. The average molecular weight is 762 g/mol. The highest BCUT2D eigenvalue weighted by atomic mass is 16.5. The fraction of sp³-hybridized carbons (Fsp3) is 0. The molecule has 4 aliphatic heterocycles. The molecule has 8 aromatic rings. The number of ether oxygens (including phenoxy) is 1. The molecule has 4 heterocycles. The minimum Gasteiger partial charge on any atom is -0.457 e. The van der Waals surface area contributed by atoms with Gasteiger partial charge in [0.15, 0.2) is 0 Å². The maximum Gasteiger partial charge on any atom is 0.256 e. The van der Waals surface area contributed by atoms with Crippen LogP contribution in [0, 0.1) is 34.0 Å². The maximum absolute atomic E-state index is 11.0. The normalized spacial score (nSPS) is 13.2. The Morgan fingerprint density at radius 1 is 0.383 bits per heavy atom. The number of para-hydroxylation sites is 5. The highest BCUT2D eigenvalue weighted by Gasteiger charge is 2.49. The van der Waals surface area contributed by atoms with Gasteiger partial charge in [0.25, 0.3) is 13.4 Å². The van der Waals surface area contributed by atoms with E-state index in [1.807, 2.05) is 78.9 Å². The first kappa shape index (κ1) is 33.7. The molecular formula is C51H28B2N6O. The van der Waals surface area contributed by atoms with Crippen molar-refractivity contribution in [3.8, 4) is 29.7 Å². The first-order valence-corrected chi connectivity index (χ1v) is 19.9. The van der Waals surface area contributed by atoms with Gasteiger partial charge in [0.05, 0.1) is 28.1 Å². The van der Waals surface area contributed by atoms with Crippen molar-refractivity contribution in [1.29, 1.82) is 15.8 Å². The molecule has 274 valence electrons. The Labute approximate surface area is 347 Å². The molecule has 8 aromatic carbocycles. The second-order valence-corrected chi connectivity index (χ2v) is 15.3. The molecule has 0 aromatic heterocycles. The van der Waals surface area contributed by atoms with Gasteiger partial charge in [0.1, 0.15) is 29.7 Å². The van der Waals surface area contributed by atoms with Gasteiger partial charge in [-0.05, 0) is 106 Å².